The molecule has 3 aliphatic rings. The summed E-state index contributed by atoms with van der Waals surface area (Å²) in [5, 5.41) is 0. The molecule has 0 aromatic rings. The van der Waals surface area contributed by atoms with E-state index in [1.165, 1.54) is 77.0 Å². The Kier molecular flexibility index (Phi) is 7.86. The quantitative estimate of drug-likeness (QED) is 0.536. The highest BCUT2D eigenvalue weighted by Gasteiger charge is 2.30. The summed E-state index contributed by atoms with van der Waals surface area (Å²) in [5.74, 6) is 3.44. The molecule has 3 rings (SSSR count). The van der Waals surface area contributed by atoms with E-state index < -0.39 is 0 Å². The van der Waals surface area contributed by atoms with E-state index in [0.29, 0.717) is 12.2 Å². The van der Waals surface area contributed by atoms with Crippen LogP contribution in [0.25, 0.3) is 0 Å². The monoisotopic (exact) mass is 348 g/mol. The maximum absolute atomic E-state index is 6.13. The fourth-order valence-corrected chi connectivity index (χ4v) is 5.39. The second kappa shape index (κ2) is 10.1. The molecular weight excluding hydrogens is 308 g/mol. The van der Waals surface area contributed by atoms with Gasteiger partial charge in [-0.2, -0.15) is 0 Å². The molecule has 0 radical (unpaired) electrons. The summed E-state index contributed by atoms with van der Waals surface area (Å²) in [7, 11) is 1.86. The number of methoxy groups -OCH3 is 1. The summed E-state index contributed by atoms with van der Waals surface area (Å²) in [4.78, 5) is 0. The van der Waals surface area contributed by atoms with Gasteiger partial charge in [-0.25, -0.2) is 0 Å². The molecule has 2 nitrogen and oxygen atoms in total. The minimum atomic E-state index is 0.523. The first-order chi connectivity index (χ1) is 12.3. The van der Waals surface area contributed by atoms with Crippen molar-refractivity contribution in [3.8, 4) is 0 Å². The molecule has 1 aliphatic heterocycles. The lowest BCUT2D eigenvalue weighted by Gasteiger charge is -2.37. The Hall–Kier alpha value is -0.340. The number of hydrogen-bond acceptors (Lipinski definition) is 2. The van der Waals surface area contributed by atoms with Gasteiger partial charge in [-0.1, -0.05) is 25.5 Å². The van der Waals surface area contributed by atoms with Crippen LogP contribution < -0.4 is 0 Å². The highest BCUT2D eigenvalue weighted by molar-refractivity contribution is 4.97. The molecule has 0 bridgehead atoms. The van der Waals surface area contributed by atoms with Crippen molar-refractivity contribution < 1.29 is 9.47 Å². The third-order valence-corrected chi connectivity index (χ3v) is 7.21. The van der Waals surface area contributed by atoms with Crippen molar-refractivity contribution in [2.45, 2.75) is 96.2 Å². The van der Waals surface area contributed by atoms with E-state index in [1.807, 2.05) is 7.11 Å². The zero-order valence-electron chi connectivity index (χ0n) is 16.6. The third kappa shape index (κ3) is 5.82. The van der Waals surface area contributed by atoms with Crippen LogP contribution in [0.2, 0.25) is 0 Å². The van der Waals surface area contributed by atoms with Crippen molar-refractivity contribution >= 4 is 0 Å². The van der Waals surface area contributed by atoms with Crippen LogP contribution in [0.1, 0.15) is 84.0 Å². The van der Waals surface area contributed by atoms with Crippen LogP contribution in [0.3, 0.4) is 0 Å². The molecular formula is C23H40O2. The second-order valence-electron chi connectivity index (χ2n) is 8.91. The maximum Gasteiger partial charge on any atom is 0.0575 e. The Morgan fingerprint density at radius 3 is 1.92 bits per heavy atom. The van der Waals surface area contributed by atoms with E-state index in [9.17, 15) is 0 Å². The number of rotatable bonds is 6. The van der Waals surface area contributed by atoms with Crippen LogP contribution in [0.15, 0.2) is 12.2 Å². The highest BCUT2D eigenvalue weighted by Crippen LogP contribution is 2.39. The van der Waals surface area contributed by atoms with Gasteiger partial charge in [0.2, 0.25) is 0 Å². The Morgan fingerprint density at radius 1 is 0.800 bits per heavy atom. The first kappa shape index (κ1) is 19.4. The van der Waals surface area contributed by atoms with Gasteiger partial charge in [0, 0.05) is 7.11 Å². The fraction of sp³-hybridized carbons (Fsp3) is 0.913. The topological polar surface area (TPSA) is 18.5 Å². The molecule has 1 heterocycles. The first-order valence-electron chi connectivity index (χ1n) is 11.1. The lowest BCUT2D eigenvalue weighted by molar-refractivity contribution is -0.0413. The van der Waals surface area contributed by atoms with Crippen molar-refractivity contribution in [3.05, 3.63) is 12.2 Å². The molecule has 25 heavy (non-hydrogen) atoms. The summed E-state index contributed by atoms with van der Waals surface area (Å²) in [6.07, 6.45) is 22.3. The van der Waals surface area contributed by atoms with E-state index in [1.54, 1.807) is 0 Å². The lowest BCUT2D eigenvalue weighted by Crippen LogP contribution is -2.32. The molecule has 0 spiro atoms. The molecule has 0 N–H and O–H groups in total. The normalized spacial score (nSPS) is 40.4. The molecule has 2 atom stereocenters. The summed E-state index contributed by atoms with van der Waals surface area (Å²) in [6.45, 7) is 3.31. The van der Waals surface area contributed by atoms with Crippen molar-refractivity contribution in [3.63, 3.8) is 0 Å². The predicted octanol–water partition coefficient (Wildman–Crippen LogP) is 6.15. The summed E-state index contributed by atoms with van der Waals surface area (Å²) in [6, 6.07) is 0. The fourth-order valence-electron chi connectivity index (χ4n) is 5.39. The molecule has 2 aliphatic carbocycles. The van der Waals surface area contributed by atoms with Gasteiger partial charge in [0.25, 0.3) is 0 Å². The van der Waals surface area contributed by atoms with Crippen LogP contribution in [0, 0.1) is 23.7 Å². The Labute approximate surface area is 155 Å². The first-order valence-corrected chi connectivity index (χ1v) is 11.1. The summed E-state index contributed by atoms with van der Waals surface area (Å²) >= 11 is 0. The zero-order valence-corrected chi connectivity index (χ0v) is 16.6. The summed E-state index contributed by atoms with van der Waals surface area (Å²) < 4.78 is 11.6. The van der Waals surface area contributed by atoms with E-state index in [2.05, 4.69) is 19.1 Å². The van der Waals surface area contributed by atoms with Gasteiger partial charge in [0.05, 0.1) is 18.8 Å². The number of allylic oxidation sites excluding steroid dienone is 2. The van der Waals surface area contributed by atoms with Crippen LogP contribution in [0.5, 0.6) is 0 Å². The van der Waals surface area contributed by atoms with Crippen molar-refractivity contribution in [2.24, 2.45) is 23.7 Å². The number of hydrogen-bond donors (Lipinski definition) is 0. The summed E-state index contributed by atoms with van der Waals surface area (Å²) in [5.41, 5.74) is 0. The molecule has 0 amide bonds. The van der Waals surface area contributed by atoms with Crippen molar-refractivity contribution in [1.29, 1.82) is 0 Å². The SMILES string of the molecule is CCCC1CCC(C2CCC(C=CC3CCC(OC)CC3)CC2)CO1. The van der Waals surface area contributed by atoms with Gasteiger partial charge < -0.3 is 9.47 Å². The van der Waals surface area contributed by atoms with Crippen LogP contribution in [0.4, 0.5) is 0 Å². The maximum atomic E-state index is 6.13. The van der Waals surface area contributed by atoms with E-state index in [0.717, 1.165) is 30.3 Å². The lowest BCUT2D eigenvalue weighted by atomic mass is 9.73. The molecule has 3 fully saturated rings. The van der Waals surface area contributed by atoms with Gasteiger partial charge in [0.1, 0.15) is 0 Å². The van der Waals surface area contributed by atoms with Gasteiger partial charge in [-0.3, -0.25) is 0 Å². The third-order valence-electron chi connectivity index (χ3n) is 7.21. The molecule has 0 aromatic carbocycles. The Balaban J connectivity index is 1.34. The van der Waals surface area contributed by atoms with Gasteiger partial charge >= 0.3 is 0 Å². The Bertz CT molecular complexity index is 381. The smallest absolute Gasteiger partial charge is 0.0575 e. The molecule has 144 valence electrons. The molecule has 2 saturated carbocycles. The second-order valence-corrected chi connectivity index (χ2v) is 8.91. The van der Waals surface area contributed by atoms with Crippen LogP contribution in [-0.2, 0) is 9.47 Å². The van der Waals surface area contributed by atoms with E-state index in [4.69, 9.17) is 9.47 Å². The molecule has 2 unspecified atom stereocenters. The van der Waals surface area contributed by atoms with Gasteiger partial charge in [-0.15, -0.1) is 0 Å². The van der Waals surface area contributed by atoms with Gasteiger partial charge in [-0.05, 0) is 94.3 Å². The predicted molar refractivity (Wildman–Crippen MR) is 105 cm³/mol. The highest BCUT2D eigenvalue weighted by atomic mass is 16.5. The van der Waals surface area contributed by atoms with Crippen molar-refractivity contribution in [1.82, 2.24) is 0 Å². The standard InChI is InChI=1S/C23H40O2/c1-3-4-23-16-13-21(17-25-23)20-11-7-18(8-12-20)5-6-19-9-14-22(24-2)15-10-19/h5-6,18-23H,3-4,7-17H2,1-2H3. The largest absolute Gasteiger partial charge is 0.381 e. The Morgan fingerprint density at radius 2 is 1.40 bits per heavy atom. The van der Waals surface area contributed by atoms with Crippen molar-refractivity contribution in [2.75, 3.05) is 13.7 Å². The molecule has 2 heteroatoms. The average Bonchev–Trinajstić information content (AvgIpc) is 2.68. The van der Waals surface area contributed by atoms with Crippen LogP contribution >= 0.6 is 0 Å². The zero-order chi connectivity index (χ0) is 17.5. The minimum Gasteiger partial charge on any atom is -0.381 e. The van der Waals surface area contributed by atoms with Crippen LogP contribution in [-0.4, -0.2) is 25.9 Å². The van der Waals surface area contributed by atoms with E-state index in [-0.39, 0.29) is 0 Å². The average molecular weight is 349 g/mol. The number of ether oxygens (including phenoxy) is 2. The van der Waals surface area contributed by atoms with Gasteiger partial charge in [0.15, 0.2) is 0 Å². The minimum absolute atomic E-state index is 0.523. The molecule has 0 aromatic heterocycles. The molecule has 1 saturated heterocycles. The van der Waals surface area contributed by atoms with E-state index >= 15 is 0 Å².